The van der Waals surface area contributed by atoms with E-state index in [9.17, 15) is 9.90 Å². The largest absolute Gasteiger partial charge is 0.480 e. The summed E-state index contributed by atoms with van der Waals surface area (Å²) in [6.45, 7) is 8.88. The lowest BCUT2D eigenvalue weighted by atomic mass is 9.95. The monoisotopic (exact) mass is 256 g/mol. The Bertz CT molecular complexity index is 267. The first-order valence-electron chi connectivity index (χ1n) is 7.26. The molecule has 0 bridgehead atoms. The van der Waals surface area contributed by atoms with E-state index >= 15 is 0 Å². The third-order valence-corrected chi connectivity index (χ3v) is 3.88. The van der Waals surface area contributed by atoms with Gasteiger partial charge in [0.15, 0.2) is 0 Å². The summed E-state index contributed by atoms with van der Waals surface area (Å²) in [5.74, 6) is -0.737. The van der Waals surface area contributed by atoms with Crippen molar-refractivity contribution in [2.24, 2.45) is 0 Å². The highest BCUT2D eigenvalue weighted by Gasteiger charge is 2.31. The van der Waals surface area contributed by atoms with Crippen molar-refractivity contribution in [1.82, 2.24) is 10.2 Å². The number of carboxylic acids is 1. The topological polar surface area (TPSA) is 52.6 Å². The molecule has 0 radical (unpaired) electrons. The first kappa shape index (κ1) is 15.4. The summed E-state index contributed by atoms with van der Waals surface area (Å²) in [7, 11) is 0. The van der Waals surface area contributed by atoms with Crippen LogP contribution in [0.2, 0.25) is 0 Å². The Balaban J connectivity index is 2.23. The maximum atomic E-state index is 11.2. The molecule has 1 aliphatic rings. The van der Waals surface area contributed by atoms with Crippen LogP contribution in [-0.4, -0.2) is 47.2 Å². The molecular formula is C14H28N2O2. The smallest absolute Gasteiger partial charge is 0.323 e. The molecule has 2 N–H and O–H groups in total. The van der Waals surface area contributed by atoms with Gasteiger partial charge < -0.3 is 15.3 Å². The number of unbranched alkanes of at least 4 members (excludes halogenated alkanes) is 1. The van der Waals surface area contributed by atoms with E-state index in [4.69, 9.17) is 0 Å². The number of carbonyl (C=O) groups is 1. The number of likely N-dealkylation sites (N-methyl/N-ethyl adjacent to an activating group) is 1. The molecule has 4 heteroatoms. The molecule has 0 saturated heterocycles. The lowest BCUT2D eigenvalue weighted by molar-refractivity contribution is -0.144. The predicted molar refractivity (Wildman–Crippen MR) is 73.8 cm³/mol. The molecule has 0 amide bonds. The molecular weight excluding hydrogens is 228 g/mol. The summed E-state index contributed by atoms with van der Waals surface area (Å²) in [4.78, 5) is 13.8. The highest BCUT2D eigenvalue weighted by molar-refractivity contribution is 5.78. The minimum absolute atomic E-state index is 0.700. The van der Waals surface area contributed by atoms with Crippen LogP contribution in [0.3, 0.4) is 0 Å². The Morgan fingerprint density at radius 2 is 2.06 bits per heavy atom. The van der Waals surface area contributed by atoms with Gasteiger partial charge in [-0.25, -0.2) is 0 Å². The van der Waals surface area contributed by atoms with Crippen molar-refractivity contribution in [1.29, 1.82) is 0 Å². The Labute approximate surface area is 111 Å². The van der Waals surface area contributed by atoms with Crippen LogP contribution in [0.15, 0.2) is 0 Å². The molecule has 106 valence electrons. The van der Waals surface area contributed by atoms with Gasteiger partial charge in [0.25, 0.3) is 0 Å². The Morgan fingerprint density at radius 1 is 1.39 bits per heavy atom. The van der Waals surface area contributed by atoms with Crippen molar-refractivity contribution in [3.63, 3.8) is 0 Å². The van der Waals surface area contributed by atoms with Gasteiger partial charge in [-0.3, -0.25) is 4.79 Å². The minimum Gasteiger partial charge on any atom is -0.480 e. The van der Waals surface area contributed by atoms with E-state index in [-0.39, 0.29) is 0 Å². The summed E-state index contributed by atoms with van der Waals surface area (Å²) in [5, 5.41) is 12.3. The van der Waals surface area contributed by atoms with E-state index in [0.29, 0.717) is 13.0 Å². The summed E-state index contributed by atoms with van der Waals surface area (Å²) >= 11 is 0. The molecule has 0 aliphatic heterocycles. The van der Waals surface area contributed by atoms with Crippen molar-refractivity contribution in [3.05, 3.63) is 0 Å². The number of nitrogens with zero attached hydrogens (tertiary/aromatic N) is 1. The van der Waals surface area contributed by atoms with Gasteiger partial charge in [0, 0.05) is 6.04 Å². The zero-order valence-corrected chi connectivity index (χ0v) is 12.0. The van der Waals surface area contributed by atoms with Gasteiger partial charge in [-0.1, -0.05) is 13.8 Å². The van der Waals surface area contributed by atoms with Crippen molar-refractivity contribution in [2.45, 2.75) is 64.5 Å². The Hall–Kier alpha value is -0.610. The van der Waals surface area contributed by atoms with Crippen molar-refractivity contribution < 1.29 is 9.90 Å². The summed E-state index contributed by atoms with van der Waals surface area (Å²) in [6, 6.07) is 0.814. The molecule has 4 nitrogen and oxygen atoms in total. The second-order valence-corrected chi connectivity index (χ2v) is 5.48. The van der Waals surface area contributed by atoms with E-state index in [1.54, 1.807) is 6.92 Å². The first-order valence-corrected chi connectivity index (χ1v) is 7.26. The molecule has 0 spiro atoms. The number of hydrogen-bond acceptors (Lipinski definition) is 3. The fraction of sp³-hybridized carbons (Fsp3) is 0.929. The molecule has 0 aromatic heterocycles. The van der Waals surface area contributed by atoms with Gasteiger partial charge in [-0.15, -0.1) is 0 Å². The highest BCUT2D eigenvalue weighted by Crippen LogP contribution is 2.27. The van der Waals surface area contributed by atoms with E-state index < -0.39 is 11.5 Å². The number of aliphatic carboxylic acids is 1. The molecule has 0 aromatic carbocycles. The van der Waals surface area contributed by atoms with Crippen LogP contribution < -0.4 is 5.32 Å². The zero-order chi connectivity index (χ0) is 13.6. The Morgan fingerprint density at radius 3 is 2.50 bits per heavy atom. The van der Waals surface area contributed by atoms with Gasteiger partial charge in [-0.05, 0) is 58.7 Å². The third-order valence-electron chi connectivity index (χ3n) is 3.88. The molecule has 0 heterocycles. The SMILES string of the molecule is CCNC(C)(CCCCN(CC)C1CC1)C(=O)O. The van der Waals surface area contributed by atoms with Gasteiger partial charge in [-0.2, -0.15) is 0 Å². The van der Waals surface area contributed by atoms with Crippen LogP contribution in [0.4, 0.5) is 0 Å². The van der Waals surface area contributed by atoms with E-state index in [0.717, 1.165) is 32.0 Å². The summed E-state index contributed by atoms with van der Waals surface area (Å²) in [5.41, 5.74) is -0.759. The number of nitrogens with one attached hydrogen (secondary N) is 1. The van der Waals surface area contributed by atoms with Crippen LogP contribution in [-0.2, 0) is 4.79 Å². The van der Waals surface area contributed by atoms with Crippen LogP contribution in [0, 0.1) is 0 Å². The normalized spacial score (nSPS) is 18.9. The van der Waals surface area contributed by atoms with Gasteiger partial charge in [0.05, 0.1) is 0 Å². The standard InChI is InChI=1S/C14H28N2O2/c1-4-15-14(3,13(17)18)10-6-7-11-16(5-2)12-8-9-12/h12,15H,4-11H2,1-3H3,(H,17,18). The maximum absolute atomic E-state index is 11.2. The summed E-state index contributed by atoms with van der Waals surface area (Å²) in [6.07, 6.45) is 5.46. The quantitative estimate of drug-likeness (QED) is 0.588. The fourth-order valence-electron chi connectivity index (χ4n) is 2.49. The van der Waals surface area contributed by atoms with Crippen LogP contribution in [0.1, 0.15) is 52.9 Å². The van der Waals surface area contributed by atoms with E-state index in [1.165, 1.54) is 12.8 Å². The zero-order valence-electron chi connectivity index (χ0n) is 12.0. The van der Waals surface area contributed by atoms with Gasteiger partial charge >= 0.3 is 5.97 Å². The summed E-state index contributed by atoms with van der Waals surface area (Å²) < 4.78 is 0. The van der Waals surface area contributed by atoms with Crippen molar-refractivity contribution in [2.75, 3.05) is 19.6 Å². The average molecular weight is 256 g/mol. The van der Waals surface area contributed by atoms with E-state index in [1.807, 2.05) is 6.92 Å². The van der Waals surface area contributed by atoms with Crippen LogP contribution >= 0.6 is 0 Å². The van der Waals surface area contributed by atoms with E-state index in [2.05, 4.69) is 17.1 Å². The predicted octanol–water partition coefficient (Wildman–Crippen LogP) is 2.09. The maximum Gasteiger partial charge on any atom is 0.323 e. The minimum atomic E-state index is -0.759. The molecule has 1 saturated carbocycles. The number of hydrogen-bond donors (Lipinski definition) is 2. The van der Waals surface area contributed by atoms with Crippen LogP contribution in [0.25, 0.3) is 0 Å². The molecule has 1 fully saturated rings. The molecule has 0 aromatic rings. The van der Waals surface area contributed by atoms with Gasteiger partial charge in [0.2, 0.25) is 0 Å². The third kappa shape index (κ3) is 4.58. The number of carboxylic acid groups (broad SMARTS) is 1. The van der Waals surface area contributed by atoms with Crippen molar-refractivity contribution in [3.8, 4) is 0 Å². The molecule has 1 unspecified atom stereocenters. The van der Waals surface area contributed by atoms with Crippen LogP contribution in [0.5, 0.6) is 0 Å². The molecule has 1 atom stereocenters. The lowest BCUT2D eigenvalue weighted by Gasteiger charge is -2.26. The van der Waals surface area contributed by atoms with Crippen molar-refractivity contribution >= 4 is 5.97 Å². The lowest BCUT2D eigenvalue weighted by Crippen LogP contribution is -2.49. The second-order valence-electron chi connectivity index (χ2n) is 5.48. The molecule has 1 rings (SSSR count). The average Bonchev–Trinajstić information content (AvgIpc) is 3.13. The Kier molecular flexibility index (Phi) is 6.09. The molecule has 1 aliphatic carbocycles. The first-order chi connectivity index (χ1) is 8.53. The fourth-order valence-corrected chi connectivity index (χ4v) is 2.49. The van der Waals surface area contributed by atoms with Gasteiger partial charge in [0.1, 0.15) is 5.54 Å². The second kappa shape index (κ2) is 7.10. The molecule has 18 heavy (non-hydrogen) atoms. The number of rotatable bonds is 10. The highest BCUT2D eigenvalue weighted by atomic mass is 16.4.